The molecule has 2 aromatic carbocycles. The summed E-state index contributed by atoms with van der Waals surface area (Å²) in [7, 11) is -4.26. The average molecular weight is 720 g/mol. The van der Waals surface area contributed by atoms with E-state index in [-0.39, 0.29) is 43.3 Å². The number of nitrogens with zero attached hydrogens (tertiary/aromatic N) is 2. The minimum Gasteiger partial charge on any atom is -0.465 e. The van der Waals surface area contributed by atoms with E-state index in [9.17, 15) is 28.2 Å². The number of sulfonamides is 1. The third kappa shape index (κ3) is 9.18. The van der Waals surface area contributed by atoms with E-state index in [0.717, 1.165) is 5.56 Å². The minimum absolute atomic E-state index is 0.00647. The zero-order valence-electron chi connectivity index (χ0n) is 29.0. The molecule has 0 unspecified atom stereocenters. The fourth-order valence-electron chi connectivity index (χ4n) is 6.87. The van der Waals surface area contributed by atoms with Gasteiger partial charge in [-0.2, -0.15) is 4.31 Å². The van der Waals surface area contributed by atoms with E-state index >= 15 is 0 Å². The van der Waals surface area contributed by atoms with Crippen molar-refractivity contribution in [2.75, 3.05) is 39.6 Å². The van der Waals surface area contributed by atoms with Crippen LogP contribution in [0.3, 0.4) is 0 Å². The first-order chi connectivity index (χ1) is 23.7. The Morgan fingerprint density at radius 3 is 2.54 bits per heavy atom. The molecule has 2 amide bonds. The molecule has 3 aliphatic rings. The fourth-order valence-corrected chi connectivity index (χ4v) is 8.53. The highest BCUT2D eigenvalue weighted by Gasteiger charge is 2.49. The molecule has 276 valence electrons. The number of carboxylic acid groups (broad SMARTS) is 1. The van der Waals surface area contributed by atoms with Crippen LogP contribution in [-0.4, -0.2) is 110 Å². The summed E-state index contributed by atoms with van der Waals surface area (Å²) in [5.41, 5.74) is 0.164. The number of nitrogens with one attached hydrogen (secondary N) is 1. The Morgan fingerprint density at radius 1 is 1.08 bits per heavy atom. The number of ether oxygens (including phenoxy) is 5. The van der Waals surface area contributed by atoms with Gasteiger partial charge < -0.3 is 39.2 Å². The summed E-state index contributed by atoms with van der Waals surface area (Å²) in [6.45, 7) is 7.78. The second-order valence-electron chi connectivity index (χ2n) is 14.1. The molecular formula is C35H49N3O11S. The van der Waals surface area contributed by atoms with Crippen LogP contribution >= 0.6 is 0 Å². The molecule has 0 radical (unpaired) electrons. The molecule has 5 rings (SSSR count). The Balaban J connectivity index is 1.43. The van der Waals surface area contributed by atoms with Crippen molar-refractivity contribution in [3.05, 3.63) is 54.1 Å². The standard InChI is InChI=1S/C35H49N3O11S/c1-23(2)49-33(40)36-15-8-14-35(3,4)21-37(50(43,44)25-11-12-30-31(18-25)48-22-47-30)19-29(39)27(17-24-9-6-5-7-10-24)38(34(41)42)28-20-46-32-26(28)13-16-45-32/h5-7,9-12,18,23,26-29,32,39H,8,13-17,19-22H2,1-4H3,(H,36,40)(H,41,42)/t26-,27-,28-,29+,32+/m0/s1. The van der Waals surface area contributed by atoms with Crippen LogP contribution in [0.1, 0.15) is 52.5 Å². The van der Waals surface area contributed by atoms with Gasteiger partial charge in [0.25, 0.3) is 0 Å². The Bertz CT molecular complexity index is 1570. The van der Waals surface area contributed by atoms with Crippen LogP contribution in [0.5, 0.6) is 11.5 Å². The van der Waals surface area contributed by atoms with Gasteiger partial charge in [-0.3, -0.25) is 4.90 Å². The number of aliphatic hydroxyl groups is 1. The zero-order valence-corrected chi connectivity index (χ0v) is 29.8. The van der Waals surface area contributed by atoms with Gasteiger partial charge in [-0.25, -0.2) is 18.0 Å². The molecular weight excluding hydrogens is 670 g/mol. The number of amides is 2. The van der Waals surface area contributed by atoms with Crippen LogP contribution in [0.2, 0.25) is 0 Å². The Morgan fingerprint density at radius 2 is 1.82 bits per heavy atom. The second-order valence-corrected chi connectivity index (χ2v) is 16.0. The summed E-state index contributed by atoms with van der Waals surface area (Å²) in [5, 5.41) is 25.4. The summed E-state index contributed by atoms with van der Waals surface area (Å²) in [4.78, 5) is 26.2. The summed E-state index contributed by atoms with van der Waals surface area (Å²) < 4.78 is 57.6. The lowest BCUT2D eigenvalue weighted by molar-refractivity contribution is -0.0906. The highest BCUT2D eigenvalue weighted by molar-refractivity contribution is 7.89. The molecule has 0 aromatic heterocycles. The lowest BCUT2D eigenvalue weighted by atomic mass is 9.87. The smallest absolute Gasteiger partial charge is 0.407 e. The predicted octanol–water partition coefficient (Wildman–Crippen LogP) is 4.06. The predicted molar refractivity (Wildman–Crippen MR) is 181 cm³/mol. The van der Waals surface area contributed by atoms with Crippen LogP contribution < -0.4 is 14.8 Å². The molecule has 50 heavy (non-hydrogen) atoms. The van der Waals surface area contributed by atoms with Gasteiger partial charge in [0, 0.05) is 31.6 Å². The van der Waals surface area contributed by atoms with Gasteiger partial charge >= 0.3 is 12.2 Å². The van der Waals surface area contributed by atoms with E-state index < -0.39 is 58.6 Å². The number of hydrogen-bond donors (Lipinski definition) is 3. The fraction of sp³-hybridized carbons (Fsp3) is 0.600. The van der Waals surface area contributed by atoms with E-state index in [1.807, 2.05) is 44.2 Å². The van der Waals surface area contributed by atoms with Crippen molar-refractivity contribution in [3.63, 3.8) is 0 Å². The third-order valence-electron chi connectivity index (χ3n) is 9.29. The van der Waals surface area contributed by atoms with E-state index in [1.54, 1.807) is 13.8 Å². The second kappa shape index (κ2) is 16.1. The van der Waals surface area contributed by atoms with Crippen LogP contribution in [0.4, 0.5) is 9.59 Å². The quantitative estimate of drug-likeness (QED) is 0.214. The molecule has 3 aliphatic heterocycles. The largest absolute Gasteiger partial charge is 0.465 e. The molecule has 0 bridgehead atoms. The first kappa shape index (κ1) is 37.6. The van der Waals surface area contributed by atoms with Crippen LogP contribution in [0.15, 0.2) is 53.4 Å². The molecule has 5 atom stereocenters. The highest BCUT2D eigenvalue weighted by atomic mass is 32.2. The molecule has 2 fully saturated rings. The van der Waals surface area contributed by atoms with Crippen molar-refractivity contribution in [1.29, 1.82) is 0 Å². The number of rotatable bonds is 16. The van der Waals surface area contributed by atoms with Gasteiger partial charge in [0.2, 0.25) is 16.8 Å². The van der Waals surface area contributed by atoms with Gasteiger partial charge in [0.1, 0.15) is 0 Å². The summed E-state index contributed by atoms with van der Waals surface area (Å²) >= 11 is 0. The maximum absolute atomic E-state index is 14.4. The molecule has 3 N–H and O–H groups in total. The topological polar surface area (TPSA) is 173 Å². The lowest BCUT2D eigenvalue weighted by Gasteiger charge is -2.40. The monoisotopic (exact) mass is 719 g/mol. The van der Waals surface area contributed by atoms with Gasteiger partial charge in [0.15, 0.2) is 17.8 Å². The molecule has 2 saturated heterocycles. The van der Waals surface area contributed by atoms with Gasteiger partial charge in [0.05, 0.1) is 42.4 Å². The SMILES string of the molecule is CC(C)OC(=O)NCCCC(C)(C)CN(C[C@@H](O)[C@H](Cc1ccccc1)N(C(=O)O)[C@H]1CO[C@H]2OCC[C@H]21)S(=O)(=O)c1ccc2c(c1)OCO2. The van der Waals surface area contributed by atoms with Crippen LogP contribution in [0.25, 0.3) is 0 Å². The molecule has 0 aliphatic carbocycles. The summed E-state index contributed by atoms with van der Waals surface area (Å²) in [6, 6.07) is 12.0. The Hall–Kier alpha value is -3.63. The van der Waals surface area contributed by atoms with E-state index in [0.29, 0.717) is 43.9 Å². The normalized spacial score (nSPS) is 21.2. The van der Waals surface area contributed by atoms with Gasteiger partial charge in [-0.05, 0) is 62.6 Å². The highest BCUT2D eigenvalue weighted by Crippen LogP contribution is 2.38. The first-order valence-electron chi connectivity index (χ1n) is 17.1. The maximum atomic E-state index is 14.4. The molecule has 15 heteroatoms. The number of carbonyl (C=O) groups excluding carboxylic acids is 1. The first-order valence-corrected chi connectivity index (χ1v) is 18.5. The molecule has 0 saturated carbocycles. The molecule has 2 aromatic rings. The Labute approximate surface area is 293 Å². The minimum atomic E-state index is -4.26. The Kier molecular flexibility index (Phi) is 12.2. The van der Waals surface area contributed by atoms with Crippen molar-refractivity contribution >= 4 is 22.2 Å². The number of fused-ring (bicyclic) bond motifs is 2. The lowest BCUT2D eigenvalue weighted by Crippen LogP contribution is -2.58. The average Bonchev–Trinajstić information content (AvgIpc) is 3.81. The van der Waals surface area contributed by atoms with Gasteiger partial charge in [-0.1, -0.05) is 44.2 Å². The van der Waals surface area contributed by atoms with E-state index in [1.165, 1.54) is 27.4 Å². The van der Waals surface area contributed by atoms with Crippen molar-refractivity contribution in [1.82, 2.24) is 14.5 Å². The zero-order chi connectivity index (χ0) is 36.1. The van der Waals surface area contributed by atoms with Crippen molar-refractivity contribution in [3.8, 4) is 11.5 Å². The number of carbonyl (C=O) groups is 2. The summed E-state index contributed by atoms with van der Waals surface area (Å²) in [5.74, 6) is 0.501. The molecule has 14 nitrogen and oxygen atoms in total. The number of aliphatic hydroxyl groups excluding tert-OH is 1. The van der Waals surface area contributed by atoms with E-state index in [2.05, 4.69) is 5.32 Å². The third-order valence-corrected chi connectivity index (χ3v) is 11.1. The maximum Gasteiger partial charge on any atom is 0.407 e. The van der Waals surface area contributed by atoms with Crippen molar-refractivity contribution < 1.29 is 51.9 Å². The number of benzene rings is 2. The number of hydrogen-bond acceptors (Lipinski definition) is 10. The summed E-state index contributed by atoms with van der Waals surface area (Å²) in [6.07, 6.45) is -2.17. The van der Waals surface area contributed by atoms with Crippen molar-refractivity contribution in [2.45, 2.75) is 88.9 Å². The van der Waals surface area contributed by atoms with E-state index in [4.69, 9.17) is 23.7 Å². The van der Waals surface area contributed by atoms with Crippen LogP contribution in [-0.2, 0) is 30.7 Å². The number of alkyl carbamates (subject to hydrolysis) is 1. The van der Waals surface area contributed by atoms with Gasteiger partial charge in [-0.15, -0.1) is 0 Å². The van der Waals surface area contributed by atoms with Crippen LogP contribution in [0, 0.1) is 11.3 Å². The molecule has 0 spiro atoms. The van der Waals surface area contributed by atoms with Crippen molar-refractivity contribution in [2.24, 2.45) is 11.3 Å². The molecule has 3 heterocycles.